The molecular formula is C26H29N3O3. The molecule has 0 aromatic heterocycles. The lowest BCUT2D eigenvalue weighted by atomic mass is 9.96. The molecule has 6 nitrogen and oxygen atoms in total. The Labute approximate surface area is 189 Å². The van der Waals surface area contributed by atoms with Gasteiger partial charge < -0.3 is 20.1 Å². The number of rotatable bonds is 6. The van der Waals surface area contributed by atoms with E-state index in [1.807, 2.05) is 17.0 Å². The maximum absolute atomic E-state index is 12.7. The van der Waals surface area contributed by atoms with Gasteiger partial charge in [-0.1, -0.05) is 60.7 Å². The summed E-state index contributed by atoms with van der Waals surface area (Å²) in [5.74, 6) is 0.769. The van der Waals surface area contributed by atoms with Crippen LogP contribution < -0.4 is 10.1 Å². The molecule has 0 saturated carbocycles. The second-order valence-electron chi connectivity index (χ2n) is 7.95. The fraction of sp³-hybridized carbons (Fsp3) is 0.269. The van der Waals surface area contributed by atoms with E-state index in [-0.39, 0.29) is 17.8 Å². The van der Waals surface area contributed by atoms with Gasteiger partial charge in [-0.05, 0) is 42.3 Å². The molecule has 1 heterocycles. The lowest BCUT2D eigenvalue weighted by molar-refractivity contribution is 0.108. The van der Waals surface area contributed by atoms with Crippen molar-refractivity contribution in [2.45, 2.75) is 19.2 Å². The van der Waals surface area contributed by atoms with E-state index in [2.05, 4.69) is 58.7 Å². The number of phenolic OH excluding ortho intramolecular Hbond substituents is 1. The minimum atomic E-state index is -0.480. The van der Waals surface area contributed by atoms with Gasteiger partial charge in [0.1, 0.15) is 11.5 Å². The van der Waals surface area contributed by atoms with Gasteiger partial charge in [0, 0.05) is 26.2 Å². The van der Waals surface area contributed by atoms with Crippen LogP contribution in [-0.4, -0.2) is 53.3 Å². The number of benzene rings is 3. The van der Waals surface area contributed by atoms with Crippen molar-refractivity contribution in [1.82, 2.24) is 15.1 Å². The van der Waals surface area contributed by atoms with Crippen molar-refractivity contribution in [3.05, 3.63) is 96.1 Å². The number of piperazine rings is 1. The van der Waals surface area contributed by atoms with Gasteiger partial charge in [0.15, 0.2) is 6.23 Å². The van der Waals surface area contributed by atoms with Crippen LogP contribution in [0.5, 0.6) is 11.5 Å². The number of urea groups is 1. The predicted molar refractivity (Wildman–Crippen MR) is 125 cm³/mol. The monoisotopic (exact) mass is 431 g/mol. The summed E-state index contributed by atoms with van der Waals surface area (Å²) < 4.78 is 5.73. The molecule has 2 N–H and O–H groups in total. The summed E-state index contributed by atoms with van der Waals surface area (Å²) in [6.45, 7) is 4.66. The highest BCUT2D eigenvalue weighted by Crippen LogP contribution is 2.29. The molecule has 1 aliphatic heterocycles. The van der Waals surface area contributed by atoms with Gasteiger partial charge in [-0.25, -0.2) is 4.79 Å². The number of amides is 2. The molecule has 1 unspecified atom stereocenters. The zero-order valence-corrected chi connectivity index (χ0v) is 18.2. The van der Waals surface area contributed by atoms with Gasteiger partial charge in [0.2, 0.25) is 0 Å². The van der Waals surface area contributed by atoms with Crippen LogP contribution in [0.2, 0.25) is 0 Å². The summed E-state index contributed by atoms with van der Waals surface area (Å²) in [4.78, 5) is 17.0. The molecule has 32 heavy (non-hydrogen) atoms. The fourth-order valence-electron chi connectivity index (χ4n) is 4.09. The summed E-state index contributed by atoms with van der Waals surface area (Å²) in [5.41, 5.74) is 2.51. The van der Waals surface area contributed by atoms with Crippen LogP contribution in [-0.2, 0) is 0 Å². The van der Waals surface area contributed by atoms with E-state index in [1.54, 1.807) is 31.2 Å². The first-order valence-electron chi connectivity index (χ1n) is 11.0. The summed E-state index contributed by atoms with van der Waals surface area (Å²) in [6, 6.07) is 27.5. The Morgan fingerprint density at radius 3 is 1.91 bits per heavy atom. The van der Waals surface area contributed by atoms with E-state index >= 15 is 0 Å². The van der Waals surface area contributed by atoms with Gasteiger partial charge in [-0.2, -0.15) is 0 Å². The maximum atomic E-state index is 12.7. The molecule has 6 heteroatoms. The molecule has 1 saturated heterocycles. The van der Waals surface area contributed by atoms with Crippen molar-refractivity contribution in [2.75, 3.05) is 26.2 Å². The number of nitrogens with zero attached hydrogens (tertiary/aromatic N) is 2. The molecule has 0 spiro atoms. The van der Waals surface area contributed by atoms with Crippen molar-refractivity contribution >= 4 is 6.03 Å². The molecule has 1 fully saturated rings. The smallest absolute Gasteiger partial charge is 0.320 e. The molecular weight excluding hydrogens is 402 g/mol. The second-order valence-corrected chi connectivity index (χ2v) is 7.95. The number of hydrogen-bond donors (Lipinski definition) is 2. The normalized spacial score (nSPS) is 15.4. The number of carbonyl (C=O) groups excluding carboxylic acids is 1. The van der Waals surface area contributed by atoms with Crippen LogP contribution >= 0.6 is 0 Å². The summed E-state index contributed by atoms with van der Waals surface area (Å²) in [6.07, 6.45) is -0.480. The first kappa shape index (κ1) is 21.7. The van der Waals surface area contributed by atoms with Crippen molar-refractivity contribution in [3.63, 3.8) is 0 Å². The van der Waals surface area contributed by atoms with E-state index in [1.165, 1.54) is 11.1 Å². The van der Waals surface area contributed by atoms with Crippen molar-refractivity contribution in [2.24, 2.45) is 0 Å². The van der Waals surface area contributed by atoms with Gasteiger partial charge >= 0.3 is 6.03 Å². The summed E-state index contributed by atoms with van der Waals surface area (Å²) in [5, 5.41) is 12.3. The number of aromatic hydroxyl groups is 1. The van der Waals surface area contributed by atoms with E-state index in [4.69, 9.17) is 4.74 Å². The SMILES string of the molecule is CC(NC(=O)N1CCN(C(c2ccccc2)c2ccccc2)CC1)Oc1ccc(O)cc1. The van der Waals surface area contributed by atoms with Gasteiger partial charge in [0.25, 0.3) is 0 Å². The number of hydrogen-bond acceptors (Lipinski definition) is 4. The molecule has 2 amide bonds. The lowest BCUT2D eigenvalue weighted by Crippen LogP contribution is -2.54. The van der Waals surface area contributed by atoms with Gasteiger partial charge in [0.05, 0.1) is 6.04 Å². The number of ether oxygens (including phenoxy) is 1. The zero-order chi connectivity index (χ0) is 22.3. The molecule has 0 radical (unpaired) electrons. The van der Waals surface area contributed by atoms with Crippen LogP contribution in [0, 0.1) is 0 Å². The first-order valence-corrected chi connectivity index (χ1v) is 11.0. The molecule has 0 bridgehead atoms. The Hall–Kier alpha value is -3.51. The topological polar surface area (TPSA) is 65.0 Å². The molecule has 1 atom stereocenters. The Morgan fingerprint density at radius 1 is 0.844 bits per heavy atom. The van der Waals surface area contributed by atoms with E-state index in [0.29, 0.717) is 18.8 Å². The molecule has 3 aromatic carbocycles. The van der Waals surface area contributed by atoms with E-state index in [0.717, 1.165) is 13.1 Å². The third-order valence-corrected chi connectivity index (χ3v) is 5.67. The molecule has 0 aliphatic carbocycles. The number of nitrogens with one attached hydrogen (secondary N) is 1. The zero-order valence-electron chi connectivity index (χ0n) is 18.2. The van der Waals surface area contributed by atoms with Crippen LogP contribution in [0.4, 0.5) is 4.79 Å². The Kier molecular flexibility index (Phi) is 6.92. The Bertz CT molecular complexity index is 948. The van der Waals surface area contributed by atoms with Crippen LogP contribution in [0.1, 0.15) is 24.1 Å². The number of carbonyl (C=O) groups is 1. The third kappa shape index (κ3) is 5.39. The third-order valence-electron chi connectivity index (χ3n) is 5.67. The lowest BCUT2D eigenvalue weighted by Gasteiger charge is -2.40. The minimum Gasteiger partial charge on any atom is -0.508 e. The minimum absolute atomic E-state index is 0.132. The Morgan fingerprint density at radius 2 is 1.38 bits per heavy atom. The predicted octanol–water partition coefficient (Wildman–Crippen LogP) is 4.23. The van der Waals surface area contributed by atoms with Crippen LogP contribution in [0.25, 0.3) is 0 Å². The molecule has 166 valence electrons. The maximum Gasteiger partial charge on any atom is 0.320 e. The van der Waals surface area contributed by atoms with Crippen LogP contribution in [0.3, 0.4) is 0 Å². The number of phenols is 1. The fourth-order valence-corrected chi connectivity index (χ4v) is 4.09. The van der Waals surface area contributed by atoms with Crippen LogP contribution in [0.15, 0.2) is 84.9 Å². The van der Waals surface area contributed by atoms with Gasteiger partial charge in [-0.3, -0.25) is 4.90 Å². The van der Waals surface area contributed by atoms with Crippen molar-refractivity contribution in [3.8, 4) is 11.5 Å². The largest absolute Gasteiger partial charge is 0.508 e. The highest BCUT2D eigenvalue weighted by molar-refractivity contribution is 5.74. The average molecular weight is 432 g/mol. The second kappa shape index (κ2) is 10.2. The molecule has 4 rings (SSSR count). The highest BCUT2D eigenvalue weighted by Gasteiger charge is 2.28. The highest BCUT2D eigenvalue weighted by atomic mass is 16.5. The van der Waals surface area contributed by atoms with E-state index in [9.17, 15) is 9.90 Å². The molecule has 1 aliphatic rings. The molecule has 3 aromatic rings. The standard InChI is InChI=1S/C26H29N3O3/c1-20(32-24-14-12-23(30)13-15-24)27-26(31)29-18-16-28(17-19-29)25(21-8-4-2-5-9-21)22-10-6-3-7-11-22/h2-15,20,25,30H,16-19H2,1H3,(H,27,31). The first-order chi connectivity index (χ1) is 15.6. The van der Waals surface area contributed by atoms with Gasteiger partial charge in [-0.15, -0.1) is 0 Å². The average Bonchev–Trinajstić information content (AvgIpc) is 2.82. The summed E-state index contributed by atoms with van der Waals surface area (Å²) in [7, 11) is 0. The van der Waals surface area contributed by atoms with Crippen molar-refractivity contribution < 1.29 is 14.6 Å². The Balaban J connectivity index is 1.36. The summed E-state index contributed by atoms with van der Waals surface area (Å²) >= 11 is 0. The van der Waals surface area contributed by atoms with E-state index < -0.39 is 6.23 Å². The van der Waals surface area contributed by atoms with Crippen molar-refractivity contribution in [1.29, 1.82) is 0 Å². The quantitative estimate of drug-likeness (QED) is 0.573.